The van der Waals surface area contributed by atoms with Gasteiger partial charge in [0.05, 0.1) is 37.9 Å². The summed E-state index contributed by atoms with van der Waals surface area (Å²) in [4.78, 5) is 39.6. The van der Waals surface area contributed by atoms with Crippen LogP contribution in [0.25, 0.3) is 11.0 Å². The van der Waals surface area contributed by atoms with Gasteiger partial charge in [-0.1, -0.05) is 12.2 Å². The maximum absolute atomic E-state index is 13.1. The molecule has 1 aromatic carbocycles. The molecule has 2 fully saturated rings. The van der Waals surface area contributed by atoms with Crippen molar-refractivity contribution in [1.29, 1.82) is 0 Å². The van der Waals surface area contributed by atoms with Crippen molar-refractivity contribution >= 4 is 29.2 Å². The first-order valence-corrected chi connectivity index (χ1v) is 12.6. The summed E-state index contributed by atoms with van der Waals surface area (Å²) < 4.78 is 21.6. The van der Waals surface area contributed by atoms with E-state index < -0.39 is 0 Å². The Morgan fingerprint density at radius 3 is 2.30 bits per heavy atom. The molecular formula is C27H35N3O7. The highest BCUT2D eigenvalue weighted by atomic mass is 16.5. The molecule has 1 unspecified atom stereocenters. The van der Waals surface area contributed by atoms with Gasteiger partial charge in [-0.15, -0.1) is 0 Å². The molecule has 1 N–H and O–H groups in total. The summed E-state index contributed by atoms with van der Waals surface area (Å²) in [5, 5.41) is 3.81. The predicted octanol–water partition coefficient (Wildman–Crippen LogP) is 2.26. The summed E-state index contributed by atoms with van der Waals surface area (Å²) >= 11 is 0. The topological polar surface area (TPSA) is 111 Å². The second kappa shape index (κ2) is 11.9. The van der Waals surface area contributed by atoms with Crippen LogP contribution in [0.1, 0.15) is 42.7 Å². The zero-order valence-corrected chi connectivity index (χ0v) is 21.7. The molecule has 1 amide bonds. The first-order chi connectivity index (χ1) is 17.8. The lowest BCUT2D eigenvalue weighted by atomic mass is 9.99. The molecule has 5 rings (SSSR count). The molecule has 0 radical (unpaired) electrons. The number of nitrogens with zero attached hydrogens (tertiary/aromatic N) is 2. The van der Waals surface area contributed by atoms with Crippen LogP contribution in [0.2, 0.25) is 0 Å². The van der Waals surface area contributed by atoms with Crippen LogP contribution in [0.4, 0.5) is 5.88 Å². The van der Waals surface area contributed by atoms with Gasteiger partial charge in [0.2, 0.25) is 0 Å². The van der Waals surface area contributed by atoms with Crippen molar-refractivity contribution in [2.75, 3.05) is 64.1 Å². The third-order valence-electron chi connectivity index (χ3n) is 6.23. The lowest BCUT2D eigenvalue weighted by Gasteiger charge is -2.28. The van der Waals surface area contributed by atoms with Crippen molar-refractivity contribution in [3.63, 3.8) is 0 Å². The molecule has 3 aliphatic rings. The minimum Gasteiger partial charge on any atom is -0.462 e. The van der Waals surface area contributed by atoms with Crippen LogP contribution >= 0.6 is 0 Å². The average molecular weight is 514 g/mol. The summed E-state index contributed by atoms with van der Waals surface area (Å²) in [6.45, 7) is 11.4. The zero-order chi connectivity index (χ0) is 26.4. The Hall–Kier alpha value is -3.21. The van der Waals surface area contributed by atoms with Gasteiger partial charge in [-0.2, -0.15) is 0 Å². The fraction of sp³-hybridized carbons (Fsp3) is 0.519. The van der Waals surface area contributed by atoms with Gasteiger partial charge in [0.25, 0.3) is 12.4 Å². The SMILES string of the molecule is CC(C)(C)OC=O.O=C(c1cc(C2C=CCN2)c2oc(N3CCOCC3)cc(=O)c2c1)N1CCOCC1. The summed E-state index contributed by atoms with van der Waals surface area (Å²) in [7, 11) is 0. The van der Waals surface area contributed by atoms with E-state index in [9.17, 15) is 14.4 Å². The number of nitrogens with one attached hydrogen (secondary N) is 1. The number of hydrogen-bond donors (Lipinski definition) is 1. The van der Waals surface area contributed by atoms with Gasteiger partial charge in [-0.05, 0) is 32.9 Å². The van der Waals surface area contributed by atoms with Crippen LogP contribution in [0.3, 0.4) is 0 Å². The van der Waals surface area contributed by atoms with Crippen molar-refractivity contribution in [3.8, 4) is 0 Å². The number of anilines is 1. The van der Waals surface area contributed by atoms with Gasteiger partial charge in [0.15, 0.2) is 11.3 Å². The molecule has 4 heterocycles. The first-order valence-electron chi connectivity index (χ1n) is 12.6. The van der Waals surface area contributed by atoms with Crippen molar-refractivity contribution in [2.24, 2.45) is 0 Å². The van der Waals surface area contributed by atoms with Gasteiger partial charge in [0, 0.05) is 49.9 Å². The van der Waals surface area contributed by atoms with E-state index in [1.807, 2.05) is 43.9 Å². The van der Waals surface area contributed by atoms with Gasteiger partial charge in [-0.3, -0.25) is 14.4 Å². The quantitative estimate of drug-likeness (QED) is 0.486. The number of ether oxygens (including phenoxy) is 3. The van der Waals surface area contributed by atoms with Crippen LogP contribution < -0.4 is 15.6 Å². The Kier molecular flexibility index (Phi) is 8.63. The van der Waals surface area contributed by atoms with Gasteiger partial charge >= 0.3 is 0 Å². The number of amides is 1. The number of carbonyl (C=O) groups is 2. The molecule has 0 bridgehead atoms. The molecule has 200 valence electrons. The fourth-order valence-corrected chi connectivity index (χ4v) is 4.34. The van der Waals surface area contributed by atoms with Crippen molar-refractivity contribution < 1.29 is 28.2 Å². The van der Waals surface area contributed by atoms with Crippen LogP contribution in [0.5, 0.6) is 0 Å². The molecule has 0 saturated carbocycles. The van der Waals surface area contributed by atoms with Crippen LogP contribution in [0.15, 0.2) is 39.6 Å². The van der Waals surface area contributed by atoms with E-state index in [4.69, 9.17) is 13.9 Å². The van der Waals surface area contributed by atoms with E-state index in [1.54, 1.807) is 11.0 Å². The smallest absolute Gasteiger partial charge is 0.293 e. The summed E-state index contributed by atoms with van der Waals surface area (Å²) in [5.74, 6) is 0.464. The first kappa shape index (κ1) is 26.8. The standard InChI is InChI=1S/C22H25N3O5.C5H10O2/c26-19-14-20(24-4-8-28-9-5-24)30-21-16(18-2-1-3-23-18)12-15(13-17(19)21)22(27)25-6-10-29-11-7-25;1-5(2,3)7-4-6/h1-2,12-14,18,23H,3-11H2;4H,1-3H3. The Morgan fingerprint density at radius 1 is 1.05 bits per heavy atom. The van der Waals surface area contributed by atoms with E-state index in [-0.39, 0.29) is 23.0 Å². The molecule has 2 aromatic rings. The van der Waals surface area contributed by atoms with E-state index >= 15 is 0 Å². The zero-order valence-electron chi connectivity index (χ0n) is 21.7. The van der Waals surface area contributed by atoms with Gasteiger partial charge in [-0.25, -0.2) is 0 Å². The Bertz CT molecular complexity index is 1190. The second-order valence-electron chi connectivity index (χ2n) is 10.0. The van der Waals surface area contributed by atoms with Crippen molar-refractivity contribution in [2.45, 2.75) is 32.4 Å². The minimum absolute atomic E-state index is 0.0833. The normalized spacial score (nSPS) is 19.9. The highest BCUT2D eigenvalue weighted by molar-refractivity contribution is 5.99. The van der Waals surface area contributed by atoms with E-state index in [1.165, 1.54) is 6.07 Å². The Morgan fingerprint density at radius 2 is 1.73 bits per heavy atom. The van der Waals surface area contributed by atoms with Gasteiger partial charge in [0.1, 0.15) is 11.2 Å². The molecule has 3 aliphatic heterocycles. The van der Waals surface area contributed by atoms with E-state index in [0.717, 1.165) is 12.1 Å². The Balaban J connectivity index is 0.000000405. The van der Waals surface area contributed by atoms with E-state index in [0.29, 0.717) is 81.5 Å². The Labute approximate surface area is 216 Å². The number of carbonyl (C=O) groups excluding carboxylic acids is 2. The number of morpholine rings is 2. The fourth-order valence-electron chi connectivity index (χ4n) is 4.34. The molecule has 1 aromatic heterocycles. The van der Waals surface area contributed by atoms with Crippen LogP contribution in [-0.2, 0) is 19.0 Å². The molecule has 10 nitrogen and oxygen atoms in total. The molecular weight excluding hydrogens is 478 g/mol. The lowest BCUT2D eigenvalue weighted by Crippen LogP contribution is -2.40. The third-order valence-corrected chi connectivity index (χ3v) is 6.23. The molecule has 10 heteroatoms. The van der Waals surface area contributed by atoms with Gasteiger partial charge < -0.3 is 33.7 Å². The van der Waals surface area contributed by atoms with Crippen molar-refractivity contribution in [1.82, 2.24) is 10.2 Å². The average Bonchev–Trinajstić information content (AvgIpc) is 3.43. The number of rotatable bonds is 4. The van der Waals surface area contributed by atoms with Crippen molar-refractivity contribution in [3.05, 3.63) is 51.7 Å². The molecule has 0 aliphatic carbocycles. The molecule has 37 heavy (non-hydrogen) atoms. The molecule has 2 saturated heterocycles. The number of hydrogen-bond acceptors (Lipinski definition) is 9. The summed E-state index contributed by atoms with van der Waals surface area (Å²) in [6.07, 6.45) is 4.08. The molecule has 1 atom stereocenters. The summed E-state index contributed by atoms with van der Waals surface area (Å²) in [6, 6.07) is 4.95. The maximum atomic E-state index is 13.1. The molecule has 0 spiro atoms. The second-order valence-corrected chi connectivity index (χ2v) is 10.0. The largest absolute Gasteiger partial charge is 0.462 e. The predicted molar refractivity (Wildman–Crippen MR) is 139 cm³/mol. The highest BCUT2D eigenvalue weighted by Crippen LogP contribution is 2.30. The van der Waals surface area contributed by atoms with E-state index in [2.05, 4.69) is 10.1 Å². The monoisotopic (exact) mass is 513 g/mol. The third kappa shape index (κ3) is 6.76. The maximum Gasteiger partial charge on any atom is 0.293 e. The number of fused-ring (bicyclic) bond motifs is 1. The number of benzene rings is 1. The summed E-state index contributed by atoms with van der Waals surface area (Å²) in [5.41, 5.74) is 1.39. The minimum atomic E-state index is -0.318. The van der Waals surface area contributed by atoms with Crippen LogP contribution in [-0.4, -0.2) is 82.0 Å². The highest BCUT2D eigenvalue weighted by Gasteiger charge is 2.25. The lowest BCUT2D eigenvalue weighted by molar-refractivity contribution is -0.138. The van der Waals surface area contributed by atoms with Crippen LogP contribution in [0, 0.1) is 0 Å².